The molecule has 62 valence electrons. The van der Waals surface area contributed by atoms with E-state index in [0.717, 1.165) is 0 Å². The molecule has 0 aliphatic rings. The van der Waals surface area contributed by atoms with Gasteiger partial charge in [0.2, 0.25) is 0 Å². The van der Waals surface area contributed by atoms with E-state index in [9.17, 15) is 9.59 Å². The zero-order chi connectivity index (χ0) is 8.57. The van der Waals surface area contributed by atoms with Crippen molar-refractivity contribution in [2.75, 3.05) is 0 Å². The van der Waals surface area contributed by atoms with Crippen molar-refractivity contribution in [3.8, 4) is 0 Å². The van der Waals surface area contributed by atoms with E-state index in [1.54, 1.807) is 13.8 Å². The summed E-state index contributed by atoms with van der Waals surface area (Å²) in [5, 5.41) is 15.4. The van der Waals surface area contributed by atoms with Gasteiger partial charge in [-0.25, -0.2) is 0 Å². The van der Waals surface area contributed by atoms with Crippen molar-refractivity contribution < 1.29 is 47.1 Å². The van der Waals surface area contributed by atoms with Crippen LogP contribution < -0.4 is 0 Å². The molecule has 0 aromatic carbocycles. The average Bonchev–Trinajstić information content (AvgIpc) is 1.89. The number of carbonyl (C=O) groups is 2. The summed E-state index contributed by atoms with van der Waals surface area (Å²) in [5.74, 6) is -1.49. The van der Waals surface area contributed by atoms with E-state index >= 15 is 0 Å². The topological polar surface area (TPSA) is 74.6 Å². The molecule has 0 amide bonds. The number of carboxylic acid groups (broad SMARTS) is 2. The van der Waals surface area contributed by atoms with Crippen LogP contribution in [0.25, 0.3) is 0 Å². The Kier molecular flexibility index (Phi) is 19.5. The fourth-order valence-electron chi connectivity index (χ4n) is 0. The minimum Gasteiger partial charge on any atom is -0.481 e. The summed E-state index contributed by atoms with van der Waals surface area (Å²) in [6.45, 7) is 3.20. The fourth-order valence-corrected chi connectivity index (χ4v) is 0. The quantitative estimate of drug-likeness (QED) is 0.725. The summed E-state index contributed by atoms with van der Waals surface area (Å²) in [4.78, 5) is 18.7. The predicted molar refractivity (Wildman–Crippen MR) is 35.9 cm³/mol. The summed E-state index contributed by atoms with van der Waals surface area (Å²) in [7, 11) is 0. The van der Waals surface area contributed by atoms with Gasteiger partial charge in [-0.2, -0.15) is 0 Å². The van der Waals surface area contributed by atoms with E-state index in [-0.39, 0.29) is 40.1 Å². The first-order valence-electron chi connectivity index (χ1n) is 2.98. The standard InChI is InChI=1S/2C3H6O2.Cd/c2*1-2-3(4)5;/h2*2H2,1H3,(H,4,5);. The first-order valence-corrected chi connectivity index (χ1v) is 2.98. The van der Waals surface area contributed by atoms with Crippen LogP contribution in [-0.2, 0) is 36.9 Å². The molecule has 0 bridgehead atoms. The molecule has 0 heterocycles. The predicted octanol–water partition coefficient (Wildman–Crippen LogP) is 0.960. The van der Waals surface area contributed by atoms with Crippen LogP contribution in [0.4, 0.5) is 0 Å². The minimum absolute atomic E-state index is 0. The van der Waals surface area contributed by atoms with Crippen molar-refractivity contribution in [3.05, 3.63) is 0 Å². The Morgan fingerprint density at radius 2 is 1.09 bits per heavy atom. The van der Waals surface area contributed by atoms with Gasteiger partial charge < -0.3 is 10.2 Å². The summed E-state index contributed by atoms with van der Waals surface area (Å²) in [5.41, 5.74) is 0. The van der Waals surface area contributed by atoms with Gasteiger partial charge in [-0.15, -0.1) is 0 Å². The van der Waals surface area contributed by atoms with Crippen LogP contribution in [0.1, 0.15) is 26.7 Å². The Bertz CT molecular complexity index is 99.1. The van der Waals surface area contributed by atoms with E-state index in [1.807, 2.05) is 0 Å². The maximum absolute atomic E-state index is 9.37. The van der Waals surface area contributed by atoms with Gasteiger partial charge in [0.1, 0.15) is 0 Å². The monoisotopic (exact) mass is 262 g/mol. The molecule has 5 heteroatoms. The second kappa shape index (κ2) is 12.5. The van der Waals surface area contributed by atoms with Crippen molar-refractivity contribution in [1.29, 1.82) is 0 Å². The Hall–Kier alpha value is -0.138. The zero-order valence-electron chi connectivity index (χ0n) is 6.83. The first-order chi connectivity index (χ1) is 4.54. The molecule has 0 unspecified atom stereocenters. The smallest absolute Gasteiger partial charge is 0.303 e. The normalized spacial score (nSPS) is 6.73. The van der Waals surface area contributed by atoms with Gasteiger partial charge in [0.15, 0.2) is 0 Å². The van der Waals surface area contributed by atoms with Crippen LogP contribution in [0, 0.1) is 0 Å². The molecule has 0 rings (SSSR count). The van der Waals surface area contributed by atoms with Crippen LogP contribution in [0.5, 0.6) is 0 Å². The van der Waals surface area contributed by atoms with E-state index in [4.69, 9.17) is 10.2 Å². The molecule has 0 aliphatic carbocycles. The largest absolute Gasteiger partial charge is 0.481 e. The second-order valence-electron chi connectivity index (χ2n) is 1.49. The fraction of sp³-hybridized carbons (Fsp3) is 0.667. The molecule has 0 spiro atoms. The third kappa shape index (κ3) is 40.9. The van der Waals surface area contributed by atoms with Crippen LogP contribution >= 0.6 is 0 Å². The molecule has 0 radical (unpaired) electrons. The summed E-state index contributed by atoms with van der Waals surface area (Å²) in [6, 6.07) is 0. The number of rotatable bonds is 2. The molecular weight excluding hydrogens is 248 g/mol. The second-order valence-corrected chi connectivity index (χ2v) is 1.49. The Balaban J connectivity index is -0.000000107. The van der Waals surface area contributed by atoms with Gasteiger partial charge in [-0.05, 0) is 0 Å². The van der Waals surface area contributed by atoms with E-state index in [1.165, 1.54) is 0 Å². The molecule has 0 atom stereocenters. The van der Waals surface area contributed by atoms with Crippen molar-refractivity contribution in [2.24, 2.45) is 0 Å². The maximum Gasteiger partial charge on any atom is 0.303 e. The van der Waals surface area contributed by atoms with Gasteiger partial charge in [-0.1, -0.05) is 13.8 Å². The van der Waals surface area contributed by atoms with E-state index < -0.39 is 11.9 Å². The third-order valence-corrected chi connectivity index (χ3v) is 0.605. The molecule has 0 saturated heterocycles. The van der Waals surface area contributed by atoms with Crippen LogP contribution in [0.2, 0.25) is 0 Å². The molecule has 11 heavy (non-hydrogen) atoms. The molecule has 2 N–H and O–H groups in total. The van der Waals surface area contributed by atoms with Crippen LogP contribution in [0.3, 0.4) is 0 Å². The third-order valence-electron chi connectivity index (χ3n) is 0.605. The minimum atomic E-state index is -0.745. The number of carboxylic acids is 2. The van der Waals surface area contributed by atoms with Crippen LogP contribution in [0.15, 0.2) is 0 Å². The van der Waals surface area contributed by atoms with Gasteiger partial charge in [0.25, 0.3) is 0 Å². The molecule has 0 saturated carbocycles. The Labute approximate surface area is 85.8 Å². The van der Waals surface area contributed by atoms with Gasteiger partial charge >= 0.3 is 11.9 Å². The molecule has 0 fully saturated rings. The zero-order valence-corrected chi connectivity index (χ0v) is 10.9. The summed E-state index contributed by atoms with van der Waals surface area (Å²) in [6.07, 6.45) is 0.444. The van der Waals surface area contributed by atoms with Crippen molar-refractivity contribution in [1.82, 2.24) is 0 Å². The van der Waals surface area contributed by atoms with Crippen molar-refractivity contribution >= 4 is 11.9 Å². The van der Waals surface area contributed by atoms with Crippen molar-refractivity contribution in [3.63, 3.8) is 0 Å². The summed E-state index contributed by atoms with van der Waals surface area (Å²) >= 11 is 0. The number of hydrogen-bond acceptors (Lipinski definition) is 2. The van der Waals surface area contributed by atoms with Gasteiger partial charge in [-0.3, -0.25) is 9.59 Å². The maximum atomic E-state index is 9.37. The Morgan fingerprint density at radius 1 is 1.00 bits per heavy atom. The Morgan fingerprint density at radius 3 is 1.09 bits per heavy atom. The van der Waals surface area contributed by atoms with Crippen LogP contribution in [-0.4, -0.2) is 22.2 Å². The SMILES string of the molecule is CCC(=O)O.CCC(=O)O.[Cd]. The molecule has 0 aromatic rings. The molecule has 0 aromatic heterocycles. The van der Waals surface area contributed by atoms with E-state index in [0.29, 0.717) is 0 Å². The summed E-state index contributed by atoms with van der Waals surface area (Å²) < 4.78 is 0. The number of hydrogen-bond donors (Lipinski definition) is 2. The van der Waals surface area contributed by atoms with Crippen molar-refractivity contribution in [2.45, 2.75) is 26.7 Å². The van der Waals surface area contributed by atoms with E-state index in [2.05, 4.69) is 0 Å². The average molecular weight is 261 g/mol. The number of aliphatic carboxylic acids is 2. The molecular formula is C6H12CdO4. The first kappa shape index (κ1) is 17.1. The van der Waals surface area contributed by atoms with Gasteiger partial charge in [0.05, 0.1) is 0 Å². The van der Waals surface area contributed by atoms with Gasteiger partial charge in [0, 0.05) is 40.1 Å². The molecule has 4 nitrogen and oxygen atoms in total. The molecule has 0 aliphatic heterocycles.